The number of hydrogen-bond acceptors (Lipinski definition) is 3. The van der Waals surface area contributed by atoms with E-state index in [0.717, 1.165) is 21.9 Å². The molecular formula is C27H19FO3. The molecule has 4 aromatic rings. The highest BCUT2D eigenvalue weighted by Crippen LogP contribution is 2.46. The minimum Gasteiger partial charge on any atom is -0.473 e. The summed E-state index contributed by atoms with van der Waals surface area (Å²) in [4.78, 5) is 11.7. The van der Waals surface area contributed by atoms with E-state index in [0.29, 0.717) is 17.1 Å². The third kappa shape index (κ3) is 3.17. The molecule has 0 radical (unpaired) electrons. The van der Waals surface area contributed by atoms with Crippen molar-refractivity contribution >= 4 is 22.8 Å². The van der Waals surface area contributed by atoms with Crippen molar-refractivity contribution in [2.45, 2.75) is 12.5 Å². The molecule has 0 saturated heterocycles. The summed E-state index contributed by atoms with van der Waals surface area (Å²) in [5, 5.41) is 1.70. The van der Waals surface area contributed by atoms with E-state index in [9.17, 15) is 4.79 Å². The molecule has 0 aliphatic carbocycles. The smallest absolute Gasteiger partial charge is 0.308 e. The Morgan fingerprint density at radius 2 is 1.58 bits per heavy atom. The minimum absolute atomic E-state index is 0.361. The van der Waals surface area contributed by atoms with Crippen LogP contribution in [-0.2, 0) is 10.4 Å². The van der Waals surface area contributed by atoms with Gasteiger partial charge in [-0.15, -0.1) is 0 Å². The van der Waals surface area contributed by atoms with E-state index in [1.807, 2.05) is 66.7 Å². The number of halogens is 1. The molecule has 0 spiro atoms. The topological polar surface area (TPSA) is 35.5 Å². The zero-order chi connectivity index (χ0) is 21.4. The van der Waals surface area contributed by atoms with E-state index in [4.69, 9.17) is 9.47 Å². The van der Waals surface area contributed by atoms with Crippen LogP contribution in [0.3, 0.4) is 0 Å². The average Bonchev–Trinajstić information content (AvgIpc) is 2.79. The minimum atomic E-state index is -1.16. The van der Waals surface area contributed by atoms with Crippen LogP contribution in [0.1, 0.15) is 23.6 Å². The van der Waals surface area contributed by atoms with Crippen LogP contribution < -0.4 is 9.47 Å². The lowest BCUT2D eigenvalue weighted by Crippen LogP contribution is -2.35. The first-order chi connectivity index (χ1) is 15.1. The Morgan fingerprint density at radius 3 is 2.32 bits per heavy atom. The first kappa shape index (κ1) is 19.1. The third-order valence-corrected chi connectivity index (χ3v) is 5.50. The maximum Gasteiger partial charge on any atom is 0.308 e. The lowest BCUT2D eigenvalue weighted by Gasteiger charge is -2.36. The van der Waals surface area contributed by atoms with Gasteiger partial charge >= 0.3 is 5.97 Å². The van der Waals surface area contributed by atoms with Crippen LogP contribution in [0.5, 0.6) is 11.5 Å². The van der Waals surface area contributed by atoms with Crippen LogP contribution in [-0.4, -0.2) is 5.97 Å². The predicted molar refractivity (Wildman–Crippen MR) is 119 cm³/mol. The maximum absolute atomic E-state index is 15.0. The van der Waals surface area contributed by atoms with Gasteiger partial charge in [0.25, 0.3) is 0 Å². The summed E-state index contributed by atoms with van der Waals surface area (Å²) >= 11 is 0. The zero-order valence-corrected chi connectivity index (χ0v) is 16.8. The number of carbonyl (C=O) groups is 1. The highest BCUT2D eigenvalue weighted by Gasteiger charge is 2.39. The van der Waals surface area contributed by atoms with Crippen LogP contribution in [0.15, 0.2) is 91.0 Å². The number of esters is 1. The summed E-state index contributed by atoms with van der Waals surface area (Å²) in [7, 11) is 0. The molecular weight excluding hydrogens is 391 g/mol. The molecule has 1 aliphatic rings. The standard InChI is InChI=1S/C27H19FO3/c1-18(29)30-25-17-26-22(20-11-5-6-12-21(20)25)15-16-27(31-26,19-9-3-2-4-10-19)23-13-7-8-14-24(23)28/h2-17H,1H3. The molecule has 1 heterocycles. The fraction of sp³-hybridized carbons (Fsp3) is 0.0741. The first-order valence-electron chi connectivity index (χ1n) is 10.0. The van der Waals surface area contributed by atoms with E-state index in [1.54, 1.807) is 24.3 Å². The zero-order valence-electron chi connectivity index (χ0n) is 16.8. The normalized spacial score (nSPS) is 17.1. The molecule has 4 aromatic carbocycles. The number of hydrogen-bond donors (Lipinski definition) is 0. The van der Waals surface area contributed by atoms with Gasteiger partial charge in [-0.05, 0) is 23.6 Å². The van der Waals surface area contributed by atoms with Crippen molar-refractivity contribution in [2.75, 3.05) is 0 Å². The van der Waals surface area contributed by atoms with Crippen molar-refractivity contribution in [2.24, 2.45) is 0 Å². The molecule has 0 aromatic heterocycles. The van der Waals surface area contributed by atoms with Crippen LogP contribution in [0, 0.1) is 5.82 Å². The van der Waals surface area contributed by atoms with Gasteiger partial charge in [-0.3, -0.25) is 4.79 Å². The highest BCUT2D eigenvalue weighted by molar-refractivity contribution is 5.99. The van der Waals surface area contributed by atoms with Crippen molar-refractivity contribution in [1.82, 2.24) is 0 Å². The van der Waals surface area contributed by atoms with Gasteiger partial charge < -0.3 is 9.47 Å². The van der Waals surface area contributed by atoms with E-state index >= 15 is 4.39 Å². The molecule has 0 N–H and O–H groups in total. The van der Waals surface area contributed by atoms with E-state index in [-0.39, 0.29) is 5.82 Å². The quantitative estimate of drug-likeness (QED) is 0.296. The molecule has 0 amide bonds. The molecule has 0 bridgehead atoms. The second kappa shape index (κ2) is 7.40. The molecule has 4 heteroatoms. The van der Waals surface area contributed by atoms with Crippen LogP contribution in [0.2, 0.25) is 0 Å². The summed E-state index contributed by atoms with van der Waals surface area (Å²) in [6.45, 7) is 1.36. The van der Waals surface area contributed by atoms with Crippen molar-refractivity contribution in [3.05, 3.63) is 114 Å². The Morgan fingerprint density at radius 1 is 0.903 bits per heavy atom. The van der Waals surface area contributed by atoms with Crippen molar-refractivity contribution in [3.8, 4) is 11.5 Å². The van der Waals surface area contributed by atoms with Gasteiger partial charge in [-0.25, -0.2) is 4.39 Å². The Bertz CT molecular complexity index is 1330. The third-order valence-electron chi connectivity index (χ3n) is 5.50. The summed E-state index contributed by atoms with van der Waals surface area (Å²) < 4.78 is 27.1. The molecule has 3 nitrogen and oxygen atoms in total. The van der Waals surface area contributed by atoms with Crippen molar-refractivity contribution in [3.63, 3.8) is 0 Å². The first-order valence-corrected chi connectivity index (χ1v) is 10.0. The molecule has 5 rings (SSSR count). The molecule has 31 heavy (non-hydrogen) atoms. The Kier molecular flexibility index (Phi) is 4.55. The van der Waals surface area contributed by atoms with Gasteiger partial charge in [0, 0.05) is 35.1 Å². The summed E-state index contributed by atoms with van der Waals surface area (Å²) in [5.41, 5.74) is 0.902. The molecule has 1 atom stereocenters. The second-order valence-corrected chi connectivity index (χ2v) is 7.44. The average molecular weight is 410 g/mol. The summed E-state index contributed by atoms with van der Waals surface area (Å²) in [6, 6.07) is 25.5. The van der Waals surface area contributed by atoms with Gasteiger partial charge in [0.15, 0.2) is 5.60 Å². The van der Waals surface area contributed by atoms with Gasteiger partial charge in [0.2, 0.25) is 0 Å². The molecule has 0 fully saturated rings. The van der Waals surface area contributed by atoms with E-state index in [2.05, 4.69) is 0 Å². The van der Waals surface area contributed by atoms with Crippen molar-refractivity contribution < 1.29 is 18.7 Å². The van der Waals surface area contributed by atoms with Crippen LogP contribution in [0.4, 0.5) is 4.39 Å². The highest BCUT2D eigenvalue weighted by atomic mass is 19.1. The van der Waals surface area contributed by atoms with Crippen LogP contribution >= 0.6 is 0 Å². The lowest BCUT2D eigenvalue weighted by atomic mass is 9.83. The summed E-state index contributed by atoms with van der Waals surface area (Å²) in [6.07, 6.45) is 3.85. The number of rotatable bonds is 3. The Balaban J connectivity index is 1.77. The monoisotopic (exact) mass is 410 g/mol. The van der Waals surface area contributed by atoms with Gasteiger partial charge in [-0.1, -0.05) is 72.8 Å². The van der Waals surface area contributed by atoms with E-state index < -0.39 is 11.6 Å². The van der Waals surface area contributed by atoms with Crippen molar-refractivity contribution in [1.29, 1.82) is 0 Å². The number of ether oxygens (including phenoxy) is 2. The number of carbonyl (C=O) groups excluding carboxylic acids is 1. The van der Waals surface area contributed by atoms with Gasteiger partial charge in [0.1, 0.15) is 17.3 Å². The summed E-state index contributed by atoms with van der Waals surface area (Å²) in [5.74, 6) is 0.150. The fourth-order valence-electron chi connectivity index (χ4n) is 4.15. The predicted octanol–water partition coefficient (Wildman–Crippen LogP) is 6.25. The molecule has 1 unspecified atom stereocenters. The maximum atomic E-state index is 15.0. The number of fused-ring (bicyclic) bond motifs is 3. The largest absolute Gasteiger partial charge is 0.473 e. The Labute approximate surface area is 179 Å². The van der Waals surface area contributed by atoms with Crippen LogP contribution in [0.25, 0.3) is 16.8 Å². The van der Waals surface area contributed by atoms with Gasteiger partial charge in [0.05, 0.1) is 0 Å². The number of benzene rings is 4. The molecule has 1 aliphatic heterocycles. The SMILES string of the molecule is CC(=O)Oc1cc2c(c3ccccc13)C=CC(c1ccccc1)(c1ccccc1F)O2. The van der Waals surface area contributed by atoms with E-state index in [1.165, 1.54) is 13.0 Å². The second-order valence-electron chi connectivity index (χ2n) is 7.44. The molecule has 0 saturated carbocycles. The fourth-order valence-corrected chi connectivity index (χ4v) is 4.15. The molecule has 152 valence electrons. The lowest BCUT2D eigenvalue weighted by molar-refractivity contribution is -0.131. The Hall–Kier alpha value is -3.92. The van der Waals surface area contributed by atoms with Gasteiger partial charge in [-0.2, -0.15) is 0 Å².